The van der Waals surface area contributed by atoms with Gasteiger partial charge in [-0.15, -0.1) is 0 Å². The Labute approximate surface area is 121 Å². The van der Waals surface area contributed by atoms with Crippen LogP contribution in [0.5, 0.6) is 0 Å². The molecule has 0 amide bonds. The molecule has 1 aromatic carbocycles. The van der Waals surface area contributed by atoms with Crippen LogP contribution in [0.1, 0.15) is 62.0 Å². The Morgan fingerprint density at radius 1 is 1.35 bits per heavy atom. The van der Waals surface area contributed by atoms with Gasteiger partial charge < -0.3 is 0 Å². The number of ketones is 1. The molecule has 20 heavy (non-hydrogen) atoms. The zero-order chi connectivity index (χ0) is 14.7. The van der Waals surface area contributed by atoms with Crippen LogP contribution < -0.4 is 0 Å². The van der Waals surface area contributed by atoms with Crippen molar-refractivity contribution in [1.82, 2.24) is 0 Å². The van der Waals surface area contributed by atoms with Gasteiger partial charge >= 0.3 is 0 Å². The highest BCUT2D eigenvalue weighted by Gasteiger charge is 2.24. The van der Waals surface area contributed by atoms with Crippen molar-refractivity contribution in [3.63, 3.8) is 0 Å². The number of benzene rings is 1. The zero-order valence-corrected chi connectivity index (χ0v) is 12.9. The van der Waals surface area contributed by atoms with E-state index in [2.05, 4.69) is 19.9 Å². The highest BCUT2D eigenvalue weighted by Crippen LogP contribution is 2.32. The number of hydrogen-bond acceptors (Lipinski definition) is 2. The van der Waals surface area contributed by atoms with Crippen LogP contribution in [0.15, 0.2) is 29.3 Å². The summed E-state index contributed by atoms with van der Waals surface area (Å²) >= 11 is 0. The average molecular weight is 269 g/mol. The third kappa shape index (κ3) is 3.24. The maximum Gasteiger partial charge on any atom is 0.160 e. The van der Waals surface area contributed by atoms with Crippen LogP contribution in [0, 0.1) is 5.92 Å². The summed E-state index contributed by atoms with van der Waals surface area (Å²) in [5.74, 6) is 0.820. The van der Waals surface area contributed by atoms with E-state index >= 15 is 0 Å². The highest BCUT2D eigenvalue weighted by atomic mass is 16.1. The van der Waals surface area contributed by atoms with Gasteiger partial charge in [0.2, 0.25) is 0 Å². The summed E-state index contributed by atoms with van der Waals surface area (Å²) in [6.07, 6.45) is 5.46. The summed E-state index contributed by atoms with van der Waals surface area (Å²) in [5.41, 5.74) is 5.28. The molecule has 0 spiro atoms. The minimum Gasteiger partial charge on any atom is -0.295 e. The lowest BCUT2D eigenvalue weighted by molar-refractivity contribution is 0.101. The van der Waals surface area contributed by atoms with Crippen LogP contribution in [0.4, 0.5) is 0 Å². The van der Waals surface area contributed by atoms with Crippen molar-refractivity contribution < 1.29 is 4.79 Å². The lowest BCUT2D eigenvalue weighted by Gasteiger charge is -2.09. The number of aliphatic imine (C=N–C) groups is 1. The van der Waals surface area contributed by atoms with E-state index in [1.807, 2.05) is 25.1 Å². The van der Waals surface area contributed by atoms with Crippen LogP contribution in [0.3, 0.4) is 0 Å². The number of carbonyl (C=O) groups excluding carboxylic acids is 1. The summed E-state index contributed by atoms with van der Waals surface area (Å²) in [7, 11) is 0. The second-order valence-electron chi connectivity index (χ2n) is 5.48. The highest BCUT2D eigenvalue weighted by molar-refractivity contribution is 5.96. The van der Waals surface area contributed by atoms with E-state index in [9.17, 15) is 4.79 Å². The fraction of sp³-hybridized carbons (Fsp3) is 0.444. The molecule has 0 heterocycles. The molecule has 1 saturated carbocycles. The topological polar surface area (TPSA) is 29.4 Å². The number of aryl methyl sites for hydroxylation is 1. The van der Waals surface area contributed by atoms with Gasteiger partial charge in [0.05, 0.1) is 5.70 Å². The molecule has 0 bridgehead atoms. The van der Waals surface area contributed by atoms with Crippen molar-refractivity contribution in [2.45, 2.75) is 47.0 Å². The van der Waals surface area contributed by atoms with Crippen molar-refractivity contribution in [3.8, 4) is 0 Å². The van der Waals surface area contributed by atoms with Crippen LogP contribution in [0.25, 0.3) is 5.70 Å². The number of allylic oxidation sites excluding steroid dienone is 1. The normalized spacial score (nSPS) is 16.4. The van der Waals surface area contributed by atoms with Gasteiger partial charge in [-0.3, -0.25) is 9.79 Å². The van der Waals surface area contributed by atoms with Gasteiger partial charge in [-0.1, -0.05) is 25.1 Å². The van der Waals surface area contributed by atoms with Crippen molar-refractivity contribution in [3.05, 3.63) is 41.0 Å². The molecule has 1 fully saturated rings. The van der Waals surface area contributed by atoms with E-state index in [0.29, 0.717) is 5.92 Å². The van der Waals surface area contributed by atoms with Gasteiger partial charge in [0.15, 0.2) is 5.78 Å². The van der Waals surface area contributed by atoms with E-state index in [0.717, 1.165) is 28.8 Å². The first-order valence-corrected chi connectivity index (χ1v) is 7.42. The van der Waals surface area contributed by atoms with E-state index in [1.54, 1.807) is 6.92 Å². The minimum atomic E-state index is 0.132. The molecule has 2 nitrogen and oxygen atoms in total. The smallest absolute Gasteiger partial charge is 0.160 e. The molecule has 106 valence electrons. The summed E-state index contributed by atoms with van der Waals surface area (Å²) in [6, 6.07) is 6.05. The summed E-state index contributed by atoms with van der Waals surface area (Å²) in [5, 5.41) is 0. The van der Waals surface area contributed by atoms with Gasteiger partial charge in [-0.25, -0.2) is 0 Å². The van der Waals surface area contributed by atoms with E-state index in [4.69, 9.17) is 4.99 Å². The standard InChI is InChI=1S/C18H23NO/c1-5-14-11-16(9-10-17(14)13(4)20)18(6-2)19-12(3)15-7-8-15/h6,9-11,15H,5,7-8H2,1-4H3/b18-6-,19-12?. The SMILES string of the molecule is C/C=C(\N=C(C)C1CC1)c1ccc(C(C)=O)c(CC)c1. The number of nitrogens with zero attached hydrogens (tertiary/aromatic N) is 1. The zero-order valence-electron chi connectivity index (χ0n) is 12.9. The lowest BCUT2D eigenvalue weighted by atomic mass is 9.98. The van der Waals surface area contributed by atoms with E-state index in [1.165, 1.54) is 18.6 Å². The van der Waals surface area contributed by atoms with Crippen LogP contribution in [-0.2, 0) is 6.42 Å². The van der Waals surface area contributed by atoms with Crippen molar-refractivity contribution >= 4 is 17.2 Å². The first-order chi connectivity index (χ1) is 9.56. The fourth-order valence-electron chi connectivity index (χ4n) is 2.47. The Morgan fingerprint density at radius 3 is 2.55 bits per heavy atom. The molecule has 0 saturated heterocycles. The number of rotatable bonds is 5. The monoisotopic (exact) mass is 269 g/mol. The van der Waals surface area contributed by atoms with Crippen LogP contribution in [-0.4, -0.2) is 11.5 Å². The second kappa shape index (κ2) is 6.17. The number of carbonyl (C=O) groups is 1. The molecular formula is C18H23NO. The van der Waals surface area contributed by atoms with Gasteiger partial charge in [0, 0.05) is 16.8 Å². The molecular weight excluding hydrogens is 246 g/mol. The van der Waals surface area contributed by atoms with Crippen molar-refractivity contribution in [2.24, 2.45) is 10.9 Å². The molecule has 2 heteroatoms. The second-order valence-corrected chi connectivity index (χ2v) is 5.48. The lowest BCUT2D eigenvalue weighted by Crippen LogP contribution is -2.00. The van der Waals surface area contributed by atoms with Crippen molar-refractivity contribution in [1.29, 1.82) is 0 Å². The Hall–Kier alpha value is -1.70. The Balaban J connectivity index is 2.35. The largest absolute Gasteiger partial charge is 0.295 e. The summed E-state index contributed by atoms with van der Waals surface area (Å²) < 4.78 is 0. The molecule has 1 aromatic rings. The maximum absolute atomic E-state index is 11.6. The molecule has 2 rings (SSSR count). The Bertz CT molecular complexity index is 577. The molecule has 0 aromatic heterocycles. The predicted octanol–water partition coefficient (Wildman–Crippen LogP) is 4.68. The molecule has 0 unspecified atom stereocenters. The third-order valence-corrected chi connectivity index (χ3v) is 3.90. The minimum absolute atomic E-state index is 0.132. The van der Waals surface area contributed by atoms with Crippen molar-refractivity contribution in [2.75, 3.05) is 0 Å². The molecule has 0 radical (unpaired) electrons. The van der Waals surface area contributed by atoms with Crippen LogP contribution >= 0.6 is 0 Å². The molecule has 1 aliphatic carbocycles. The van der Waals surface area contributed by atoms with Gasteiger partial charge in [0.1, 0.15) is 0 Å². The number of hydrogen-bond donors (Lipinski definition) is 0. The van der Waals surface area contributed by atoms with Gasteiger partial charge in [-0.05, 0) is 57.6 Å². The predicted molar refractivity (Wildman–Crippen MR) is 85.3 cm³/mol. The Morgan fingerprint density at radius 2 is 2.05 bits per heavy atom. The van der Waals surface area contributed by atoms with E-state index < -0.39 is 0 Å². The molecule has 0 atom stereocenters. The third-order valence-electron chi connectivity index (χ3n) is 3.90. The first kappa shape index (κ1) is 14.7. The molecule has 0 N–H and O–H groups in total. The van der Waals surface area contributed by atoms with E-state index in [-0.39, 0.29) is 5.78 Å². The number of Topliss-reactive ketones (excluding diaryl/α,β-unsaturated/α-hetero) is 1. The fourth-order valence-corrected chi connectivity index (χ4v) is 2.47. The van der Waals surface area contributed by atoms with Crippen LogP contribution in [0.2, 0.25) is 0 Å². The van der Waals surface area contributed by atoms with Gasteiger partial charge in [-0.2, -0.15) is 0 Å². The Kier molecular flexibility index (Phi) is 4.53. The molecule has 0 aliphatic heterocycles. The van der Waals surface area contributed by atoms with Gasteiger partial charge in [0.25, 0.3) is 0 Å². The average Bonchev–Trinajstić information content (AvgIpc) is 3.28. The summed E-state index contributed by atoms with van der Waals surface area (Å²) in [4.78, 5) is 16.4. The maximum atomic E-state index is 11.6. The first-order valence-electron chi connectivity index (χ1n) is 7.42. The quantitative estimate of drug-likeness (QED) is 0.563. The summed E-state index contributed by atoms with van der Waals surface area (Å²) in [6.45, 7) is 7.84. The molecule has 1 aliphatic rings.